The highest BCUT2D eigenvalue weighted by Gasteiger charge is 2.33. The molecule has 1 heterocycles. The van der Waals surface area contributed by atoms with Crippen LogP contribution in [-0.2, 0) is 0 Å². The highest BCUT2D eigenvalue weighted by Crippen LogP contribution is 2.30. The van der Waals surface area contributed by atoms with Crippen LogP contribution in [0, 0.1) is 18.3 Å². The smallest absolute Gasteiger partial charge is 0.264 e. The molecule has 0 bridgehead atoms. The summed E-state index contributed by atoms with van der Waals surface area (Å²) in [5.41, 5.74) is 0.193. The van der Waals surface area contributed by atoms with E-state index in [-0.39, 0.29) is 5.91 Å². The molecule has 1 aromatic rings. The van der Waals surface area contributed by atoms with Gasteiger partial charge in [0.15, 0.2) is 0 Å². The molecule has 1 saturated carbocycles. The van der Waals surface area contributed by atoms with Gasteiger partial charge in [0.1, 0.15) is 10.4 Å². The van der Waals surface area contributed by atoms with Crippen molar-refractivity contribution < 1.29 is 4.79 Å². The number of amides is 1. The number of rotatable bonds is 2. The number of carbonyl (C=O) groups excluding carboxylic acids is 1. The average molecular weight is 297 g/mol. The summed E-state index contributed by atoms with van der Waals surface area (Å²) in [4.78, 5) is 12.8. The first-order chi connectivity index (χ1) is 9.08. The molecule has 19 heavy (non-hydrogen) atoms. The van der Waals surface area contributed by atoms with E-state index >= 15 is 0 Å². The Morgan fingerprint density at radius 3 is 2.53 bits per heavy atom. The van der Waals surface area contributed by atoms with E-state index in [9.17, 15) is 10.1 Å². The summed E-state index contributed by atoms with van der Waals surface area (Å²) in [6.45, 7) is 1.88. The number of thiophene rings is 1. The topological polar surface area (TPSA) is 52.9 Å². The van der Waals surface area contributed by atoms with Gasteiger partial charge >= 0.3 is 0 Å². The first-order valence-electron chi connectivity index (χ1n) is 6.55. The Hall–Kier alpha value is -1.05. The van der Waals surface area contributed by atoms with Crippen molar-refractivity contribution >= 4 is 28.8 Å². The molecular weight excluding hydrogens is 280 g/mol. The van der Waals surface area contributed by atoms with Crippen molar-refractivity contribution in [1.29, 1.82) is 5.26 Å². The van der Waals surface area contributed by atoms with Crippen LogP contribution < -0.4 is 5.32 Å². The third kappa shape index (κ3) is 3.10. The quantitative estimate of drug-likeness (QED) is 0.837. The summed E-state index contributed by atoms with van der Waals surface area (Å²) < 4.78 is 0. The molecule has 1 aliphatic carbocycles. The predicted molar refractivity (Wildman–Crippen MR) is 77.6 cm³/mol. The third-order valence-corrected chi connectivity index (χ3v) is 5.33. The van der Waals surface area contributed by atoms with Crippen LogP contribution in [0.4, 0.5) is 0 Å². The van der Waals surface area contributed by atoms with Gasteiger partial charge < -0.3 is 5.32 Å². The lowest BCUT2D eigenvalue weighted by atomic mass is 9.92. The maximum absolute atomic E-state index is 12.3. The third-order valence-electron chi connectivity index (χ3n) is 3.63. The van der Waals surface area contributed by atoms with E-state index in [1.165, 1.54) is 11.3 Å². The van der Waals surface area contributed by atoms with Gasteiger partial charge in [-0.25, -0.2) is 0 Å². The Balaban J connectivity index is 2.16. The van der Waals surface area contributed by atoms with E-state index in [0.29, 0.717) is 9.90 Å². The van der Waals surface area contributed by atoms with Gasteiger partial charge in [-0.3, -0.25) is 4.79 Å². The minimum Gasteiger partial charge on any atom is -0.333 e. The van der Waals surface area contributed by atoms with E-state index in [0.717, 1.165) is 44.1 Å². The Morgan fingerprint density at radius 1 is 1.42 bits per heavy atom. The minimum absolute atomic E-state index is 0.216. The second-order valence-electron chi connectivity index (χ2n) is 5.12. The molecule has 5 heteroatoms. The summed E-state index contributed by atoms with van der Waals surface area (Å²) >= 11 is 7.44. The standard InChI is InChI=1S/C14H17ClN2OS/c1-10-8-19-12(11(10)15)13(18)17-14(9-16)6-4-2-3-5-7-14/h8H,2-7H2,1H3,(H,17,18). The fraction of sp³-hybridized carbons (Fsp3) is 0.571. The molecule has 102 valence electrons. The number of nitrogens with zero attached hydrogens (tertiary/aromatic N) is 1. The molecule has 0 aromatic carbocycles. The number of hydrogen-bond donors (Lipinski definition) is 1. The van der Waals surface area contributed by atoms with Gasteiger partial charge in [-0.1, -0.05) is 37.3 Å². The zero-order valence-corrected chi connectivity index (χ0v) is 12.5. The molecule has 1 amide bonds. The maximum Gasteiger partial charge on any atom is 0.264 e. The second kappa shape index (κ2) is 5.94. The van der Waals surface area contributed by atoms with E-state index in [1.54, 1.807) is 0 Å². The number of hydrogen-bond acceptors (Lipinski definition) is 3. The Bertz CT molecular complexity index is 510. The molecule has 0 aliphatic heterocycles. The van der Waals surface area contributed by atoms with Crippen LogP contribution in [0.3, 0.4) is 0 Å². The van der Waals surface area contributed by atoms with E-state index < -0.39 is 5.54 Å². The first kappa shape index (κ1) is 14.4. The summed E-state index contributed by atoms with van der Waals surface area (Å²) in [5.74, 6) is -0.216. The molecule has 2 rings (SSSR count). The van der Waals surface area contributed by atoms with Crippen LogP contribution in [0.2, 0.25) is 5.02 Å². The monoisotopic (exact) mass is 296 g/mol. The summed E-state index contributed by atoms with van der Waals surface area (Å²) in [7, 11) is 0. The average Bonchev–Trinajstić information content (AvgIpc) is 2.63. The van der Waals surface area contributed by atoms with Crippen LogP contribution in [-0.4, -0.2) is 11.4 Å². The summed E-state index contributed by atoms with van der Waals surface area (Å²) in [6.07, 6.45) is 5.72. The van der Waals surface area contributed by atoms with Crippen molar-refractivity contribution in [2.24, 2.45) is 0 Å². The van der Waals surface area contributed by atoms with Crippen molar-refractivity contribution in [2.75, 3.05) is 0 Å². The fourth-order valence-corrected chi connectivity index (χ4v) is 3.63. The first-order valence-corrected chi connectivity index (χ1v) is 7.81. The van der Waals surface area contributed by atoms with Crippen LogP contribution in [0.1, 0.15) is 53.8 Å². The van der Waals surface area contributed by atoms with Crippen molar-refractivity contribution in [3.63, 3.8) is 0 Å². The highest BCUT2D eigenvalue weighted by molar-refractivity contribution is 7.13. The summed E-state index contributed by atoms with van der Waals surface area (Å²) in [5, 5.41) is 14.7. The maximum atomic E-state index is 12.3. The molecule has 0 unspecified atom stereocenters. The molecule has 1 N–H and O–H groups in total. The highest BCUT2D eigenvalue weighted by atomic mass is 35.5. The number of carbonyl (C=O) groups is 1. The van der Waals surface area contributed by atoms with E-state index in [2.05, 4.69) is 11.4 Å². The van der Waals surface area contributed by atoms with E-state index in [4.69, 9.17) is 11.6 Å². The van der Waals surface area contributed by atoms with Crippen molar-refractivity contribution in [3.05, 3.63) is 20.8 Å². The van der Waals surface area contributed by atoms with Gasteiger partial charge in [0.05, 0.1) is 11.1 Å². The lowest BCUT2D eigenvalue weighted by Gasteiger charge is -2.26. The van der Waals surface area contributed by atoms with Crippen LogP contribution in [0.5, 0.6) is 0 Å². The number of aryl methyl sites for hydroxylation is 1. The second-order valence-corrected chi connectivity index (χ2v) is 6.38. The molecule has 0 saturated heterocycles. The van der Waals surface area contributed by atoms with Gasteiger partial charge in [0.25, 0.3) is 5.91 Å². The zero-order chi connectivity index (χ0) is 13.9. The SMILES string of the molecule is Cc1csc(C(=O)NC2(C#N)CCCCCC2)c1Cl. The molecule has 1 aromatic heterocycles. The molecular formula is C14H17ClN2OS. The Labute approximate surface area is 122 Å². The lowest BCUT2D eigenvalue weighted by Crippen LogP contribution is -2.46. The van der Waals surface area contributed by atoms with Crippen LogP contribution in [0.25, 0.3) is 0 Å². The lowest BCUT2D eigenvalue weighted by molar-refractivity contribution is 0.0917. The number of nitrogens with one attached hydrogen (secondary N) is 1. The molecule has 1 fully saturated rings. The van der Waals surface area contributed by atoms with E-state index in [1.807, 2.05) is 12.3 Å². The molecule has 0 radical (unpaired) electrons. The normalized spacial score (nSPS) is 18.4. The summed E-state index contributed by atoms with van der Waals surface area (Å²) in [6, 6.07) is 2.31. The Morgan fingerprint density at radius 2 is 2.05 bits per heavy atom. The molecule has 1 aliphatic rings. The molecule has 0 spiro atoms. The molecule has 0 atom stereocenters. The van der Waals surface area contributed by atoms with Crippen molar-refractivity contribution in [2.45, 2.75) is 51.0 Å². The van der Waals surface area contributed by atoms with Crippen LogP contribution >= 0.6 is 22.9 Å². The van der Waals surface area contributed by atoms with Gasteiger partial charge in [0, 0.05) is 0 Å². The van der Waals surface area contributed by atoms with Gasteiger partial charge in [-0.15, -0.1) is 11.3 Å². The zero-order valence-electron chi connectivity index (χ0n) is 11.0. The van der Waals surface area contributed by atoms with Crippen LogP contribution in [0.15, 0.2) is 5.38 Å². The van der Waals surface area contributed by atoms with Crippen molar-refractivity contribution in [1.82, 2.24) is 5.32 Å². The largest absolute Gasteiger partial charge is 0.333 e. The van der Waals surface area contributed by atoms with Gasteiger partial charge in [0.2, 0.25) is 0 Å². The fourth-order valence-electron chi connectivity index (χ4n) is 2.45. The van der Waals surface area contributed by atoms with Crippen molar-refractivity contribution in [3.8, 4) is 6.07 Å². The number of halogens is 1. The van der Waals surface area contributed by atoms with Gasteiger partial charge in [-0.05, 0) is 30.7 Å². The number of nitriles is 1. The predicted octanol–water partition coefficient (Wildman–Crippen LogP) is 4.06. The minimum atomic E-state index is -0.713. The van der Waals surface area contributed by atoms with Gasteiger partial charge in [-0.2, -0.15) is 5.26 Å². The molecule has 3 nitrogen and oxygen atoms in total. The Kier molecular flexibility index (Phi) is 4.49.